The lowest BCUT2D eigenvalue weighted by atomic mass is 9.82. The van der Waals surface area contributed by atoms with Crippen LogP contribution in [0.2, 0.25) is 0 Å². The predicted octanol–water partition coefficient (Wildman–Crippen LogP) is 3.46. The molecule has 1 amide bonds. The van der Waals surface area contributed by atoms with Gasteiger partial charge in [0, 0.05) is 30.1 Å². The molecule has 3 aliphatic rings. The van der Waals surface area contributed by atoms with Gasteiger partial charge in [-0.1, -0.05) is 42.5 Å². The molecule has 6 heteroatoms. The van der Waals surface area contributed by atoms with Crippen LogP contribution in [0.15, 0.2) is 61.2 Å². The fourth-order valence-corrected chi connectivity index (χ4v) is 6.03. The van der Waals surface area contributed by atoms with E-state index >= 15 is 0 Å². The van der Waals surface area contributed by atoms with E-state index in [1.54, 1.807) is 12.1 Å². The molecule has 3 aliphatic heterocycles. The third-order valence-electron chi connectivity index (χ3n) is 7.29. The molecule has 3 fully saturated rings. The zero-order chi connectivity index (χ0) is 21.7. The van der Waals surface area contributed by atoms with Gasteiger partial charge in [0.15, 0.2) is 0 Å². The van der Waals surface area contributed by atoms with Crippen molar-refractivity contribution in [1.29, 1.82) is 5.41 Å². The van der Waals surface area contributed by atoms with Crippen LogP contribution in [0.4, 0.5) is 4.39 Å². The van der Waals surface area contributed by atoms with Crippen molar-refractivity contribution < 1.29 is 9.18 Å². The number of carbonyl (C=O) groups is 1. The second-order valence-electron chi connectivity index (χ2n) is 8.85. The first-order chi connectivity index (χ1) is 15.0. The summed E-state index contributed by atoms with van der Waals surface area (Å²) in [5, 5.41) is 7.65. The monoisotopic (exact) mass is 418 g/mol. The molecule has 0 saturated carbocycles. The molecule has 2 aromatic rings. The highest BCUT2D eigenvalue weighted by molar-refractivity contribution is 5.95. The van der Waals surface area contributed by atoms with Crippen LogP contribution in [0, 0.1) is 23.1 Å². The van der Waals surface area contributed by atoms with Crippen LogP contribution in [0.1, 0.15) is 35.6 Å². The third kappa shape index (κ3) is 3.17. The number of nitrogens with one attached hydrogen (secondary N) is 1. The van der Waals surface area contributed by atoms with Crippen LogP contribution in [-0.4, -0.2) is 40.2 Å². The molecule has 3 saturated heterocycles. The molecule has 2 aromatic carbocycles. The van der Waals surface area contributed by atoms with Crippen molar-refractivity contribution in [3.63, 3.8) is 0 Å². The van der Waals surface area contributed by atoms with Gasteiger partial charge in [0.1, 0.15) is 11.7 Å². The Bertz CT molecular complexity index is 1020. The normalized spacial score (nSPS) is 29.8. The molecule has 0 unspecified atom stereocenters. The van der Waals surface area contributed by atoms with E-state index in [0.29, 0.717) is 18.2 Å². The summed E-state index contributed by atoms with van der Waals surface area (Å²) in [5.41, 5.74) is 8.34. The molecule has 0 bridgehead atoms. The number of nitrogens with zero attached hydrogens (tertiary/aromatic N) is 2. The summed E-state index contributed by atoms with van der Waals surface area (Å²) in [6.45, 7) is 5.53. The molecule has 5 atom stereocenters. The molecule has 3 N–H and O–H groups in total. The van der Waals surface area contributed by atoms with E-state index in [9.17, 15) is 9.18 Å². The number of carbonyl (C=O) groups excluding carboxylic acids is 1. The SMILES string of the molecule is C=C[C@@H]1[C@@H]2[C@H](C(=O)N1Cc1ccc(F)cc1)[C@H](c1ccc(C(=N)N)cc1)N1CCC[C@@H]21. The Hall–Kier alpha value is -2.99. The minimum absolute atomic E-state index is 0.0201. The van der Waals surface area contributed by atoms with Gasteiger partial charge in [-0.05, 0) is 42.6 Å². The second-order valence-corrected chi connectivity index (χ2v) is 8.85. The number of amidine groups is 1. The summed E-state index contributed by atoms with van der Waals surface area (Å²) in [6, 6.07) is 14.5. The van der Waals surface area contributed by atoms with E-state index in [2.05, 4.69) is 11.5 Å². The summed E-state index contributed by atoms with van der Waals surface area (Å²) >= 11 is 0. The van der Waals surface area contributed by atoms with Crippen molar-refractivity contribution in [2.24, 2.45) is 17.6 Å². The van der Waals surface area contributed by atoms with Gasteiger partial charge in [0.2, 0.25) is 5.91 Å². The number of nitrogens with two attached hydrogens (primary N) is 1. The van der Waals surface area contributed by atoms with Crippen LogP contribution in [0.5, 0.6) is 0 Å². The Morgan fingerprint density at radius 3 is 2.55 bits per heavy atom. The maximum Gasteiger partial charge on any atom is 0.228 e. The third-order valence-corrected chi connectivity index (χ3v) is 7.29. The Labute approximate surface area is 181 Å². The lowest BCUT2D eigenvalue weighted by Crippen LogP contribution is -2.40. The largest absolute Gasteiger partial charge is 0.384 e. The Balaban J connectivity index is 1.50. The Kier molecular flexibility index (Phi) is 4.89. The fraction of sp³-hybridized carbons (Fsp3) is 0.360. The van der Waals surface area contributed by atoms with Gasteiger partial charge in [-0.15, -0.1) is 6.58 Å². The highest BCUT2D eigenvalue weighted by Crippen LogP contribution is 2.55. The minimum atomic E-state index is -0.274. The average Bonchev–Trinajstić information content (AvgIpc) is 3.42. The maximum atomic E-state index is 13.7. The van der Waals surface area contributed by atoms with Crippen LogP contribution < -0.4 is 5.73 Å². The topological polar surface area (TPSA) is 73.4 Å². The molecular weight excluding hydrogens is 391 g/mol. The van der Waals surface area contributed by atoms with Gasteiger partial charge in [-0.25, -0.2) is 4.39 Å². The number of likely N-dealkylation sites (tertiary alicyclic amines) is 1. The quantitative estimate of drug-likeness (QED) is 0.444. The van der Waals surface area contributed by atoms with Crippen LogP contribution in [-0.2, 0) is 11.3 Å². The van der Waals surface area contributed by atoms with Gasteiger partial charge in [-0.2, -0.15) is 0 Å². The number of hydrogen-bond acceptors (Lipinski definition) is 3. The Morgan fingerprint density at radius 2 is 1.90 bits per heavy atom. The maximum absolute atomic E-state index is 13.7. The van der Waals surface area contributed by atoms with E-state index in [4.69, 9.17) is 11.1 Å². The summed E-state index contributed by atoms with van der Waals surface area (Å²) in [7, 11) is 0. The molecule has 5 nitrogen and oxygen atoms in total. The van der Waals surface area contributed by atoms with Gasteiger partial charge in [0.25, 0.3) is 0 Å². The van der Waals surface area contributed by atoms with E-state index in [1.165, 1.54) is 12.1 Å². The lowest BCUT2D eigenvalue weighted by Gasteiger charge is -2.32. The van der Waals surface area contributed by atoms with E-state index < -0.39 is 0 Å². The number of amides is 1. The molecular formula is C25H27FN4O. The lowest BCUT2D eigenvalue weighted by molar-refractivity contribution is -0.133. The van der Waals surface area contributed by atoms with Crippen molar-refractivity contribution >= 4 is 11.7 Å². The number of hydrogen-bond donors (Lipinski definition) is 2. The van der Waals surface area contributed by atoms with Crippen LogP contribution in [0.3, 0.4) is 0 Å². The number of benzene rings is 2. The van der Waals surface area contributed by atoms with Gasteiger partial charge < -0.3 is 10.6 Å². The summed E-state index contributed by atoms with van der Waals surface area (Å²) in [5.74, 6) is -0.00929. The smallest absolute Gasteiger partial charge is 0.228 e. The van der Waals surface area contributed by atoms with Crippen molar-refractivity contribution in [3.8, 4) is 0 Å². The zero-order valence-corrected chi connectivity index (χ0v) is 17.4. The van der Waals surface area contributed by atoms with Crippen molar-refractivity contribution in [2.75, 3.05) is 6.54 Å². The van der Waals surface area contributed by atoms with Crippen LogP contribution >= 0.6 is 0 Å². The zero-order valence-electron chi connectivity index (χ0n) is 17.4. The molecule has 31 heavy (non-hydrogen) atoms. The van der Waals surface area contributed by atoms with Gasteiger partial charge in [0.05, 0.1) is 12.0 Å². The van der Waals surface area contributed by atoms with Crippen LogP contribution in [0.25, 0.3) is 0 Å². The first kappa shape index (κ1) is 19.9. The summed E-state index contributed by atoms with van der Waals surface area (Å²) in [6.07, 6.45) is 4.14. The summed E-state index contributed by atoms with van der Waals surface area (Å²) in [4.78, 5) is 18.2. The summed E-state index contributed by atoms with van der Waals surface area (Å²) < 4.78 is 13.3. The van der Waals surface area contributed by atoms with E-state index in [0.717, 1.165) is 30.5 Å². The van der Waals surface area contributed by atoms with Gasteiger partial charge >= 0.3 is 0 Å². The first-order valence-electron chi connectivity index (χ1n) is 10.9. The van der Waals surface area contributed by atoms with Crippen molar-refractivity contribution in [2.45, 2.75) is 37.5 Å². The first-order valence-corrected chi connectivity index (χ1v) is 10.9. The van der Waals surface area contributed by atoms with E-state index in [-0.39, 0.29) is 41.5 Å². The molecule has 0 spiro atoms. The number of fused-ring (bicyclic) bond motifs is 3. The molecule has 160 valence electrons. The highest BCUT2D eigenvalue weighted by Gasteiger charge is 2.61. The predicted molar refractivity (Wildman–Crippen MR) is 118 cm³/mol. The second kappa shape index (κ2) is 7.61. The standard InChI is InChI=1S/C25H27FN4O/c1-2-19-21-20-4-3-13-29(20)23(16-7-9-17(10-8-16)24(27)28)22(21)25(31)30(19)14-15-5-11-18(26)12-6-15/h2,5-12,19-23H,1,3-4,13-14H2,(H3,27,28)/t19-,20+,21+,22+,23+/m1/s1. The van der Waals surface area contributed by atoms with Gasteiger partial charge in [-0.3, -0.25) is 15.1 Å². The van der Waals surface area contributed by atoms with Crippen molar-refractivity contribution in [1.82, 2.24) is 9.80 Å². The Morgan fingerprint density at radius 1 is 1.19 bits per heavy atom. The molecule has 0 aromatic heterocycles. The van der Waals surface area contributed by atoms with E-state index in [1.807, 2.05) is 35.2 Å². The molecule has 0 radical (unpaired) electrons. The number of rotatable bonds is 5. The molecule has 3 heterocycles. The fourth-order valence-electron chi connectivity index (χ4n) is 6.03. The minimum Gasteiger partial charge on any atom is -0.384 e. The molecule has 5 rings (SSSR count). The van der Waals surface area contributed by atoms with Crippen molar-refractivity contribution in [3.05, 3.63) is 83.7 Å². The number of halogens is 1. The number of nitrogen functional groups attached to an aromatic ring is 1. The average molecular weight is 419 g/mol. The molecule has 0 aliphatic carbocycles. The highest BCUT2D eigenvalue weighted by atomic mass is 19.1.